The maximum atomic E-state index is 12.5. The van der Waals surface area contributed by atoms with E-state index in [1.807, 2.05) is 21.1 Å². The molecule has 10 heteroatoms. The Morgan fingerprint density at radius 3 is 1.91 bits per heavy atom. The van der Waals surface area contributed by atoms with E-state index in [2.05, 4.69) is 12.2 Å². The number of quaternary nitrogens is 1. The Balaban J connectivity index is 2.33. The van der Waals surface area contributed by atoms with Gasteiger partial charge in [0.2, 0.25) is 0 Å². The number of likely N-dealkylation sites (N-methyl/N-ethyl adjacent to an activating group) is 1. The van der Waals surface area contributed by atoms with Crippen molar-refractivity contribution in [1.82, 2.24) is 5.32 Å². The highest BCUT2D eigenvalue weighted by atomic mass is 31.2. The van der Waals surface area contributed by atoms with Crippen molar-refractivity contribution in [3.8, 4) is 5.75 Å². The van der Waals surface area contributed by atoms with Gasteiger partial charge in [0.1, 0.15) is 25.0 Å². The third-order valence-electron chi connectivity index (χ3n) is 7.31. The van der Waals surface area contributed by atoms with E-state index in [1.54, 1.807) is 31.4 Å². The zero-order chi connectivity index (χ0) is 31.8. The Kier molecular flexibility index (Phi) is 22.1. The Bertz CT molecular complexity index is 877. The van der Waals surface area contributed by atoms with Crippen LogP contribution >= 0.6 is 7.82 Å². The molecular weight excluding hydrogens is 567 g/mol. The summed E-state index contributed by atoms with van der Waals surface area (Å²) in [7, 11) is 2.90. The molecule has 0 bridgehead atoms. The highest BCUT2D eigenvalue weighted by Gasteiger charge is 2.20. The van der Waals surface area contributed by atoms with Gasteiger partial charge in [-0.05, 0) is 30.7 Å². The molecule has 1 aromatic carbocycles. The van der Waals surface area contributed by atoms with Crippen molar-refractivity contribution in [3.05, 3.63) is 29.8 Å². The molecule has 1 aromatic rings. The van der Waals surface area contributed by atoms with Gasteiger partial charge >= 0.3 is 0 Å². The van der Waals surface area contributed by atoms with Crippen LogP contribution in [0.1, 0.15) is 107 Å². The number of nitrogens with zero attached hydrogens (tertiary/aromatic N) is 1. The van der Waals surface area contributed by atoms with E-state index in [-0.39, 0.29) is 32.1 Å². The minimum atomic E-state index is -4.54. The number of hydrogen-bond donors (Lipinski definition) is 1. The average Bonchev–Trinajstić information content (AvgIpc) is 2.95. The topological polar surface area (TPSA) is 106 Å². The number of benzene rings is 1. The van der Waals surface area contributed by atoms with Gasteiger partial charge in [0.15, 0.2) is 5.78 Å². The molecule has 0 heterocycles. The van der Waals surface area contributed by atoms with Gasteiger partial charge < -0.3 is 33.2 Å². The summed E-state index contributed by atoms with van der Waals surface area (Å²) < 4.78 is 34.4. The van der Waals surface area contributed by atoms with Crippen LogP contribution in [0, 0.1) is 0 Å². The van der Waals surface area contributed by atoms with Crippen LogP contribution in [0.5, 0.6) is 5.75 Å². The number of unbranched alkanes of at least 4 members (excludes halogenated alkanes) is 13. The second kappa shape index (κ2) is 24.0. The minimum absolute atomic E-state index is 0.0281. The summed E-state index contributed by atoms with van der Waals surface area (Å²) in [5.74, 6) is 0.555. The molecule has 2 unspecified atom stereocenters. The van der Waals surface area contributed by atoms with Crippen molar-refractivity contribution in [2.24, 2.45) is 0 Å². The summed E-state index contributed by atoms with van der Waals surface area (Å²) in [6, 6.07) is 6.85. The lowest BCUT2D eigenvalue weighted by Gasteiger charge is -2.30. The molecule has 0 saturated heterocycles. The van der Waals surface area contributed by atoms with Crippen molar-refractivity contribution >= 4 is 13.6 Å². The highest BCUT2D eigenvalue weighted by molar-refractivity contribution is 7.45. The van der Waals surface area contributed by atoms with Crippen LogP contribution in [-0.2, 0) is 18.3 Å². The number of methoxy groups -OCH3 is 1. The van der Waals surface area contributed by atoms with Gasteiger partial charge in [0.05, 0.1) is 41.4 Å². The van der Waals surface area contributed by atoms with E-state index in [4.69, 9.17) is 18.5 Å². The lowest BCUT2D eigenvalue weighted by atomic mass is 10.0. The maximum Gasteiger partial charge on any atom is 0.268 e. The van der Waals surface area contributed by atoms with Gasteiger partial charge in [0, 0.05) is 18.7 Å². The molecule has 0 aliphatic carbocycles. The molecule has 0 aliphatic heterocycles. The van der Waals surface area contributed by atoms with Crippen LogP contribution in [0.15, 0.2) is 24.3 Å². The van der Waals surface area contributed by atoms with Gasteiger partial charge in [-0.25, -0.2) is 0 Å². The summed E-state index contributed by atoms with van der Waals surface area (Å²) in [5, 5.41) is 3.02. The van der Waals surface area contributed by atoms with E-state index in [1.165, 1.54) is 77.0 Å². The third-order valence-corrected chi connectivity index (χ3v) is 8.36. The van der Waals surface area contributed by atoms with Gasteiger partial charge in [-0.15, -0.1) is 0 Å². The Morgan fingerprint density at radius 1 is 0.860 bits per heavy atom. The van der Waals surface area contributed by atoms with Crippen LogP contribution in [0.2, 0.25) is 0 Å². The normalized spacial score (nSPS) is 14.0. The zero-order valence-corrected chi connectivity index (χ0v) is 28.7. The van der Waals surface area contributed by atoms with E-state index >= 15 is 0 Å². The van der Waals surface area contributed by atoms with E-state index in [0.29, 0.717) is 28.9 Å². The molecule has 0 amide bonds. The predicted molar refractivity (Wildman–Crippen MR) is 173 cm³/mol. The molecule has 9 nitrogen and oxygen atoms in total. The molecule has 1 N–H and O–H groups in total. The van der Waals surface area contributed by atoms with Crippen molar-refractivity contribution < 1.29 is 37.3 Å². The fourth-order valence-electron chi connectivity index (χ4n) is 4.61. The first-order valence-corrected chi connectivity index (χ1v) is 17.9. The number of hydrogen-bond acceptors (Lipinski definition) is 8. The summed E-state index contributed by atoms with van der Waals surface area (Å²) in [6.07, 6.45) is 17.2. The van der Waals surface area contributed by atoms with Crippen molar-refractivity contribution in [2.75, 3.05) is 67.7 Å². The van der Waals surface area contributed by atoms with E-state index in [0.717, 1.165) is 12.8 Å². The van der Waals surface area contributed by atoms with Gasteiger partial charge in [-0.3, -0.25) is 9.36 Å². The van der Waals surface area contributed by atoms with Gasteiger partial charge in [-0.1, -0.05) is 90.4 Å². The predicted octanol–water partition coefficient (Wildman–Crippen LogP) is 6.54. The molecule has 2 atom stereocenters. The molecule has 250 valence electrons. The lowest BCUT2D eigenvalue weighted by molar-refractivity contribution is -0.870. The molecule has 0 spiro atoms. The number of carbonyl (C=O) groups excluding carboxylic acids is 1. The third kappa shape index (κ3) is 22.8. The number of phosphoric ester groups is 1. The minimum Gasteiger partial charge on any atom is -0.756 e. The standard InChI is InChI=1S/C33H61N2O7P/c1-6-7-8-9-10-11-12-13-14-15-16-17-18-19-25-40-29-32(42-43(37,38)41-26-24-35(2,3)4)27-34-28-33(36)30-20-22-31(39-5)23-21-30/h20-23,32,34H,6-19,24-29H2,1-5H3. The maximum absolute atomic E-state index is 12.5. The summed E-state index contributed by atoms with van der Waals surface area (Å²) in [6.45, 7) is 3.60. The monoisotopic (exact) mass is 628 g/mol. The first-order valence-electron chi connectivity index (χ1n) is 16.5. The number of carbonyl (C=O) groups is 1. The zero-order valence-electron chi connectivity index (χ0n) is 27.8. The fraction of sp³-hybridized carbons (Fsp3) is 0.788. The average molecular weight is 629 g/mol. The molecule has 0 saturated carbocycles. The van der Waals surface area contributed by atoms with Crippen molar-refractivity contribution in [1.29, 1.82) is 0 Å². The largest absolute Gasteiger partial charge is 0.756 e. The smallest absolute Gasteiger partial charge is 0.268 e. The molecule has 0 aliphatic rings. The SMILES string of the molecule is CCCCCCCCCCCCCCCCOCC(CNCC(=O)c1ccc(OC)cc1)OP(=O)([O-])OCC[N+](C)(C)C. The first kappa shape index (κ1) is 39.7. The van der Waals surface area contributed by atoms with Crippen LogP contribution < -0.4 is 14.9 Å². The van der Waals surface area contributed by atoms with Crippen LogP contribution in [-0.4, -0.2) is 84.1 Å². The van der Waals surface area contributed by atoms with Crippen LogP contribution in [0.4, 0.5) is 0 Å². The summed E-state index contributed by atoms with van der Waals surface area (Å²) >= 11 is 0. The molecule has 1 rings (SSSR count). The van der Waals surface area contributed by atoms with E-state index in [9.17, 15) is 14.3 Å². The lowest BCUT2D eigenvalue weighted by Crippen LogP contribution is -2.38. The first-order chi connectivity index (χ1) is 20.6. The number of Topliss-reactive ketones (excluding diaryl/α,β-unsaturated/α-hetero) is 1. The number of ether oxygens (including phenoxy) is 2. The van der Waals surface area contributed by atoms with Gasteiger partial charge in [0.25, 0.3) is 7.82 Å². The Labute approximate surface area is 262 Å². The molecule has 0 fully saturated rings. The van der Waals surface area contributed by atoms with Crippen molar-refractivity contribution in [2.45, 2.75) is 103 Å². The highest BCUT2D eigenvalue weighted by Crippen LogP contribution is 2.39. The fourth-order valence-corrected chi connectivity index (χ4v) is 5.47. The quantitative estimate of drug-likeness (QED) is 0.0461. The second-order valence-electron chi connectivity index (χ2n) is 12.5. The number of phosphoric acid groups is 1. The van der Waals surface area contributed by atoms with Gasteiger partial charge in [-0.2, -0.15) is 0 Å². The molecular formula is C33H61N2O7P. The summed E-state index contributed by atoms with van der Waals surface area (Å²) in [4.78, 5) is 25.0. The van der Waals surface area contributed by atoms with Crippen LogP contribution in [0.3, 0.4) is 0 Å². The summed E-state index contributed by atoms with van der Waals surface area (Å²) in [5.41, 5.74) is 0.540. The number of ketones is 1. The van der Waals surface area contributed by atoms with Crippen molar-refractivity contribution in [3.63, 3.8) is 0 Å². The Morgan fingerprint density at radius 2 is 1.40 bits per heavy atom. The number of nitrogens with one attached hydrogen (secondary N) is 1. The molecule has 0 radical (unpaired) electrons. The molecule has 0 aromatic heterocycles. The Hall–Kier alpha value is -1.32. The second-order valence-corrected chi connectivity index (χ2v) is 13.8. The number of rotatable bonds is 29. The van der Waals surface area contributed by atoms with Crippen LogP contribution in [0.25, 0.3) is 0 Å². The van der Waals surface area contributed by atoms with E-state index < -0.39 is 13.9 Å². The molecule has 43 heavy (non-hydrogen) atoms.